The van der Waals surface area contributed by atoms with Crippen molar-refractivity contribution < 1.29 is 8.78 Å². The van der Waals surface area contributed by atoms with Gasteiger partial charge in [0.25, 0.3) is 5.92 Å². The van der Waals surface area contributed by atoms with Crippen molar-refractivity contribution >= 4 is 0 Å². The first kappa shape index (κ1) is 9.34. The fourth-order valence-electron chi connectivity index (χ4n) is 1.83. The first-order valence-corrected chi connectivity index (χ1v) is 5.00. The van der Waals surface area contributed by atoms with E-state index in [0.717, 1.165) is 25.9 Å². The summed E-state index contributed by atoms with van der Waals surface area (Å²) < 4.78 is 25.0. The molecule has 2 rings (SSSR count). The first-order valence-electron chi connectivity index (χ1n) is 5.00. The summed E-state index contributed by atoms with van der Waals surface area (Å²) in [6, 6.07) is 0.456. The maximum Gasteiger partial charge on any atom is 0.252 e. The molecule has 2 N–H and O–H groups in total. The van der Waals surface area contributed by atoms with Gasteiger partial charge < -0.3 is 10.6 Å². The van der Waals surface area contributed by atoms with Crippen LogP contribution in [0.3, 0.4) is 0 Å². The standard InChI is InChI=1S/C9H16F2N2/c10-9(11)5-7(9)6-13-8-1-3-12-4-2-8/h7-8,12-13H,1-6H2. The van der Waals surface area contributed by atoms with Gasteiger partial charge in [0.1, 0.15) is 0 Å². The van der Waals surface area contributed by atoms with Crippen LogP contribution in [0, 0.1) is 5.92 Å². The molecule has 0 radical (unpaired) electrons. The third-order valence-electron chi connectivity index (χ3n) is 2.95. The zero-order valence-electron chi connectivity index (χ0n) is 7.65. The number of alkyl halides is 2. The summed E-state index contributed by atoms with van der Waals surface area (Å²) in [5.74, 6) is -2.75. The molecule has 4 heteroatoms. The lowest BCUT2D eigenvalue weighted by molar-refractivity contribution is 0.0977. The molecule has 0 aromatic rings. The van der Waals surface area contributed by atoms with Crippen molar-refractivity contribution in [1.82, 2.24) is 10.6 Å². The second kappa shape index (κ2) is 3.50. The van der Waals surface area contributed by atoms with E-state index in [-0.39, 0.29) is 12.3 Å². The second-order valence-electron chi connectivity index (χ2n) is 4.09. The maximum absolute atomic E-state index is 12.5. The van der Waals surface area contributed by atoms with Gasteiger partial charge in [-0.05, 0) is 25.9 Å². The number of piperidine rings is 1. The zero-order valence-corrected chi connectivity index (χ0v) is 7.65. The fourth-order valence-corrected chi connectivity index (χ4v) is 1.83. The molecule has 0 amide bonds. The zero-order chi connectivity index (χ0) is 9.31. The Morgan fingerprint density at radius 3 is 2.46 bits per heavy atom. The van der Waals surface area contributed by atoms with Gasteiger partial charge in [-0.3, -0.25) is 0 Å². The lowest BCUT2D eigenvalue weighted by Gasteiger charge is -2.23. The Morgan fingerprint density at radius 1 is 1.31 bits per heavy atom. The molecule has 13 heavy (non-hydrogen) atoms. The van der Waals surface area contributed by atoms with Crippen LogP contribution in [0.25, 0.3) is 0 Å². The van der Waals surface area contributed by atoms with E-state index in [1.807, 2.05) is 0 Å². The van der Waals surface area contributed by atoms with E-state index in [2.05, 4.69) is 10.6 Å². The molecule has 2 aliphatic rings. The summed E-state index contributed by atoms with van der Waals surface area (Å²) in [5, 5.41) is 6.47. The minimum atomic E-state index is -2.36. The van der Waals surface area contributed by atoms with Gasteiger partial charge in [-0.25, -0.2) is 8.78 Å². The molecule has 1 atom stereocenters. The molecule has 1 aliphatic heterocycles. The maximum atomic E-state index is 12.5. The van der Waals surface area contributed by atoms with Gasteiger partial charge in [-0.1, -0.05) is 0 Å². The summed E-state index contributed by atoms with van der Waals surface area (Å²) in [4.78, 5) is 0. The van der Waals surface area contributed by atoms with E-state index in [1.54, 1.807) is 0 Å². The summed E-state index contributed by atoms with van der Waals surface area (Å²) in [6.07, 6.45) is 2.22. The molecule has 1 aliphatic carbocycles. The van der Waals surface area contributed by atoms with Crippen LogP contribution in [0.5, 0.6) is 0 Å². The largest absolute Gasteiger partial charge is 0.317 e. The van der Waals surface area contributed by atoms with E-state index in [4.69, 9.17) is 0 Å². The highest BCUT2D eigenvalue weighted by atomic mass is 19.3. The predicted molar refractivity (Wildman–Crippen MR) is 46.9 cm³/mol. The molecular formula is C9H16F2N2. The normalized spacial score (nSPS) is 33.2. The van der Waals surface area contributed by atoms with Crippen LogP contribution in [0.2, 0.25) is 0 Å². The smallest absolute Gasteiger partial charge is 0.252 e. The van der Waals surface area contributed by atoms with Crippen molar-refractivity contribution in [3.05, 3.63) is 0 Å². The molecule has 1 unspecified atom stereocenters. The van der Waals surface area contributed by atoms with Crippen LogP contribution in [-0.2, 0) is 0 Å². The average Bonchev–Trinajstić information content (AvgIpc) is 2.73. The number of rotatable bonds is 3. The SMILES string of the molecule is FC1(F)CC1CNC1CCNCC1. The van der Waals surface area contributed by atoms with Gasteiger partial charge in [-0.15, -0.1) is 0 Å². The lowest BCUT2D eigenvalue weighted by atomic mass is 10.1. The van der Waals surface area contributed by atoms with E-state index in [1.165, 1.54) is 0 Å². The molecule has 1 saturated heterocycles. The minimum Gasteiger partial charge on any atom is -0.317 e. The van der Waals surface area contributed by atoms with Crippen molar-refractivity contribution in [2.75, 3.05) is 19.6 Å². The Bertz CT molecular complexity index is 178. The average molecular weight is 190 g/mol. The Kier molecular flexibility index (Phi) is 2.51. The molecule has 76 valence electrons. The quantitative estimate of drug-likeness (QED) is 0.693. The number of nitrogens with one attached hydrogen (secondary N) is 2. The van der Waals surface area contributed by atoms with Crippen LogP contribution in [0.1, 0.15) is 19.3 Å². The van der Waals surface area contributed by atoms with Crippen LogP contribution in [0.4, 0.5) is 8.78 Å². The lowest BCUT2D eigenvalue weighted by Crippen LogP contribution is -2.41. The molecule has 2 nitrogen and oxygen atoms in total. The number of hydrogen-bond donors (Lipinski definition) is 2. The van der Waals surface area contributed by atoms with Gasteiger partial charge >= 0.3 is 0 Å². The van der Waals surface area contributed by atoms with Gasteiger partial charge in [0.15, 0.2) is 0 Å². The third-order valence-corrected chi connectivity index (χ3v) is 2.95. The Labute approximate surface area is 77.1 Å². The van der Waals surface area contributed by atoms with Crippen molar-refractivity contribution in [3.63, 3.8) is 0 Å². The van der Waals surface area contributed by atoms with Crippen LogP contribution < -0.4 is 10.6 Å². The summed E-state index contributed by atoms with van der Waals surface area (Å²) in [6.45, 7) is 2.52. The molecule has 2 fully saturated rings. The topological polar surface area (TPSA) is 24.1 Å². The Hall–Kier alpha value is -0.220. The van der Waals surface area contributed by atoms with E-state index in [0.29, 0.717) is 12.6 Å². The van der Waals surface area contributed by atoms with Crippen molar-refractivity contribution in [1.29, 1.82) is 0 Å². The summed E-state index contributed by atoms with van der Waals surface area (Å²) >= 11 is 0. The van der Waals surface area contributed by atoms with Gasteiger partial charge in [0, 0.05) is 24.9 Å². The second-order valence-corrected chi connectivity index (χ2v) is 4.09. The first-order chi connectivity index (χ1) is 6.18. The van der Waals surface area contributed by atoms with Crippen molar-refractivity contribution in [2.24, 2.45) is 5.92 Å². The highest BCUT2D eigenvalue weighted by Crippen LogP contribution is 2.48. The van der Waals surface area contributed by atoms with Crippen LogP contribution >= 0.6 is 0 Å². The predicted octanol–water partition coefficient (Wildman–Crippen LogP) is 0.983. The molecule has 0 aromatic carbocycles. The molecule has 0 spiro atoms. The van der Waals surface area contributed by atoms with E-state index >= 15 is 0 Å². The van der Waals surface area contributed by atoms with Crippen LogP contribution in [0.15, 0.2) is 0 Å². The Balaban J connectivity index is 1.62. The van der Waals surface area contributed by atoms with Gasteiger partial charge in [-0.2, -0.15) is 0 Å². The molecular weight excluding hydrogens is 174 g/mol. The Morgan fingerprint density at radius 2 is 1.92 bits per heavy atom. The summed E-state index contributed by atoms with van der Waals surface area (Å²) in [7, 11) is 0. The van der Waals surface area contributed by atoms with Crippen molar-refractivity contribution in [2.45, 2.75) is 31.2 Å². The van der Waals surface area contributed by atoms with E-state index < -0.39 is 5.92 Å². The number of hydrogen-bond acceptors (Lipinski definition) is 2. The van der Waals surface area contributed by atoms with Gasteiger partial charge in [0.2, 0.25) is 0 Å². The summed E-state index contributed by atoms with van der Waals surface area (Å²) in [5.41, 5.74) is 0. The van der Waals surface area contributed by atoms with Crippen LogP contribution in [-0.4, -0.2) is 31.6 Å². The molecule has 0 bridgehead atoms. The minimum absolute atomic E-state index is 0.0883. The molecule has 0 aromatic heterocycles. The number of halogens is 2. The molecule has 1 heterocycles. The highest BCUT2D eigenvalue weighted by Gasteiger charge is 2.56. The van der Waals surface area contributed by atoms with E-state index in [9.17, 15) is 8.78 Å². The fraction of sp³-hybridized carbons (Fsp3) is 1.00. The molecule has 1 saturated carbocycles. The third kappa shape index (κ3) is 2.38. The monoisotopic (exact) mass is 190 g/mol. The van der Waals surface area contributed by atoms with Crippen molar-refractivity contribution in [3.8, 4) is 0 Å². The van der Waals surface area contributed by atoms with Gasteiger partial charge in [0.05, 0.1) is 0 Å². The highest BCUT2D eigenvalue weighted by molar-refractivity contribution is 4.96.